The van der Waals surface area contributed by atoms with Crippen LogP contribution in [0.2, 0.25) is 0 Å². The molecule has 0 saturated heterocycles. The zero-order valence-corrected chi connectivity index (χ0v) is 15.2. The number of hydrogen-bond acceptors (Lipinski definition) is 6. The predicted octanol–water partition coefficient (Wildman–Crippen LogP) is 0.0792. The fourth-order valence-corrected chi connectivity index (χ4v) is 3.32. The van der Waals surface area contributed by atoms with Crippen molar-refractivity contribution in [1.29, 1.82) is 0 Å². The fourth-order valence-electron chi connectivity index (χ4n) is 3.32. The molecular weight excluding hydrogens is 360 g/mol. The molecule has 8 nitrogen and oxygen atoms in total. The van der Waals surface area contributed by atoms with Gasteiger partial charge in [0.05, 0.1) is 16.2 Å². The highest BCUT2D eigenvalue weighted by Crippen LogP contribution is 2.42. The second kappa shape index (κ2) is 5.78. The van der Waals surface area contributed by atoms with Crippen LogP contribution in [0.4, 0.5) is 0 Å². The Kier molecular flexibility index (Phi) is 3.61. The van der Waals surface area contributed by atoms with Crippen molar-refractivity contribution in [2.45, 2.75) is 0 Å². The van der Waals surface area contributed by atoms with Crippen molar-refractivity contribution < 1.29 is 10.2 Å². The quantitative estimate of drug-likeness (QED) is 0.455. The van der Waals surface area contributed by atoms with Crippen LogP contribution in [-0.4, -0.2) is 29.3 Å². The second-order valence-electron chi connectivity index (χ2n) is 6.53. The largest absolute Gasteiger partial charge is 0.507 e. The van der Waals surface area contributed by atoms with Gasteiger partial charge in [-0.3, -0.25) is 13.9 Å². The SMILES string of the molecule is C=c1ccc2c(O)c(-c3c(O)n(C)c(=O)n(C)c3=O)c3ccc(=C)nc3c2n1. The minimum atomic E-state index is -0.739. The Labute approximate surface area is 157 Å². The van der Waals surface area contributed by atoms with E-state index in [0.717, 1.165) is 9.13 Å². The standard InChI is InChI=1S/C20H16N4O4/c1-9-5-7-11-13(14-18(26)23(3)20(28)24(4)19(14)27)17(25)12-8-6-10(2)22-16(12)15(11)21-9/h5-8,25-26H,1-2H2,3-4H3. The van der Waals surface area contributed by atoms with Crippen LogP contribution >= 0.6 is 0 Å². The van der Waals surface area contributed by atoms with Gasteiger partial charge >= 0.3 is 5.69 Å². The summed E-state index contributed by atoms with van der Waals surface area (Å²) in [5.41, 5.74) is -0.755. The summed E-state index contributed by atoms with van der Waals surface area (Å²) in [5, 5.41) is 23.3. The number of phenolic OH excluding ortho intramolecular Hbond substituents is 1. The van der Waals surface area contributed by atoms with Crippen LogP contribution in [0.25, 0.3) is 46.1 Å². The topological polar surface area (TPSA) is 110 Å². The van der Waals surface area contributed by atoms with Gasteiger partial charge in [0.15, 0.2) is 0 Å². The highest BCUT2D eigenvalue weighted by atomic mass is 16.3. The molecule has 140 valence electrons. The molecule has 0 atom stereocenters. The number of aromatic nitrogens is 4. The van der Waals surface area contributed by atoms with Crippen molar-refractivity contribution in [3.63, 3.8) is 0 Å². The first kappa shape index (κ1) is 17.5. The van der Waals surface area contributed by atoms with Crippen LogP contribution in [0, 0.1) is 0 Å². The van der Waals surface area contributed by atoms with Gasteiger partial charge in [-0.1, -0.05) is 13.2 Å². The summed E-state index contributed by atoms with van der Waals surface area (Å²) < 4.78 is 1.80. The first-order valence-corrected chi connectivity index (χ1v) is 8.32. The number of rotatable bonds is 1. The average molecular weight is 376 g/mol. The summed E-state index contributed by atoms with van der Waals surface area (Å²) in [6, 6.07) is 6.49. The Hall–Kier alpha value is -3.94. The van der Waals surface area contributed by atoms with Gasteiger partial charge in [0.2, 0.25) is 5.88 Å². The number of fused-ring (bicyclic) bond motifs is 3. The minimum Gasteiger partial charge on any atom is -0.507 e. The predicted molar refractivity (Wildman–Crippen MR) is 107 cm³/mol. The number of pyridine rings is 2. The third-order valence-electron chi connectivity index (χ3n) is 4.78. The summed E-state index contributed by atoms with van der Waals surface area (Å²) >= 11 is 0. The average Bonchev–Trinajstić information content (AvgIpc) is 2.67. The lowest BCUT2D eigenvalue weighted by molar-refractivity contribution is 0.413. The van der Waals surface area contributed by atoms with E-state index in [1.54, 1.807) is 24.3 Å². The van der Waals surface area contributed by atoms with Crippen LogP contribution in [0.1, 0.15) is 0 Å². The van der Waals surface area contributed by atoms with Crippen LogP contribution in [0.3, 0.4) is 0 Å². The number of nitrogens with zero attached hydrogens (tertiary/aromatic N) is 4. The molecule has 0 unspecified atom stereocenters. The van der Waals surface area contributed by atoms with E-state index in [2.05, 4.69) is 23.1 Å². The Balaban J connectivity index is 2.37. The summed E-state index contributed by atoms with van der Waals surface area (Å²) in [5.74, 6) is -0.802. The summed E-state index contributed by atoms with van der Waals surface area (Å²) in [7, 11) is 2.64. The third-order valence-corrected chi connectivity index (χ3v) is 4.78. The van der Waals surface area contributed by atoms with Crippen molar-refractivity contribution >= 4 is 35.0 Å². The summed E-state index contributed by atoms with van der Waals surface area (Å²) in [6.45, 7) is 7.63. The number of aromatic hydroxyl groups is 2. The number of hydrogen-bond donors (Lipinski definition) is 2. The molecular formula is C20H16N4O4. The molecule has 4 rings (SSSR count). The van der Waals surface area contributed by atoms with Crippen molar-refractivity contribution in [2.24, 2.45) is 14.1 Å². The number of phenols is 1. The van der Waals surface area contributed by atoms with Gasteiger partial charge in [0.25, 0.3) is 5.56 Å². The molecule has 0 fully saturated rings. The third kappa shape index (κ3) is 2.24. The van der Waals surface area contributed by atoms with E-state index in [-0.39, 0.29) is 16.9 Å². The maximum atomic E-state index is 12.8. The van der Waals surface area contributed by atoms with E-state index in [4.69, 9.17) is 0 Å². The molecule has 2 N–H and O–H groups in total. The highest BCUT2D eigenvalue weighted by molar-refractivity contribution is 6.14. The van der Waals surface area contributed by atoms with Crippen LogP contribution in [-0.2, 0) is 14.1 Å². The monoisotopic (exact) mass is 376 g/mol. The molecule has 1 aromatic carbocycles. The van der Waals surface area contributed by atoms with E-state index in [1.165, 1.54) is 14.1 Å². The van der Waals surface area contributed by atoms with Crippen molar-refractivity contribution in [3.8, 4) is 22.8 Å². The van der Waals surface area contributed by atoms with Crippen LogP contribution in [0.5, 0.6) is 11.6 Å². The van der Waals surface area contributed by atoms with Gasteiger partial charge in [-0.25, -0.2) is 14.8 Å². The lowest BCUT2D eigenvalue weighted by Gasteiger charge is -2.15. The zero-order valence-electron chi connectivity index (χ0n) is 15.2. The summed E-state index contributed by atoms with van der Waals surface area (Å²) in [6.07, 6.45) is 0. The van der Waals surface area contributed by atoms with E-state index in [9.17, 15) is 19.8 Å². The molecule has 3 heterocycles. The van der Waals surface area contributed by atoms with Gasteiger partial charge in [-0.2, -0.15) is 0 Å². The van der Waals surface area contributed by atoms with Gasteiger partial charge < -0.3 is 10.2 Å². The summed E-state index contributed by atoms with van der Waals surface area (Å²) in [4.78, 5) is 33.7. The molecule has 0 bridgehead atoms. The van der Waals surface area contributed by atoms with Gasteiger partial charge in [0.1, 0.15) is 16.8 Å². The zero-order chi connectivity index (χ0) is 20.3. The molecule has 0 amide bonds. The molecule has 3 aromatic heterocycles. The molecule has 0 saturated carbocycles. The Morgan fingerprint density at radius 3 is 1.96 bits per heavy atom. The molecule has 0 aliphatic rings. The molecule has 4 aromatic rings. The lowest BCUT2D eigenvalue weighted by atomic mass is 9.97. The van der Waals surface area contributed by atoms with Gasteiger partial charge in [0, 0.05) is 30.4 Å². The fraction of sp³-hybridized carbons (Fsp3) is 0.100. The van der Waals surface area contributed by atoms with Gasteiger partial charge in [-0.15, -0.1) is 0 Å². The highest BCUT2D eigenvalue weighted by Gasteiger charge is 2.24. The van der Waals surface area contributed by atoms with Gasteiger partial charge in [-0.05, 0) is 24.3 Å². The van der Waals surface area contributed by atoms with E-state index < -0.39 is 17.1 Å². The molecule has 0 aliphatic carbocycles. The molecule has 8 heteroatoms. The first-order chi connectivity index (χ1) is 13.2. The van der Waals surface area contributed by atoms with Crippen LogP contribution < -0.4 is 21.9 Å². The normalized spacial score (nSPS) is 11.4. The van der Waals surface area contributed by atoms with E-state index in [0.29, 0.717) is 32.5 Å². The maximum absolute atomic E-state index is 12.8. The Bertz CT molecular complexity index is 1530. The van der Waals surface area contributed by atoms with Crippen LogP contribution in [0.15, 0.2) is 33.9 Å². The van der Waals surface area contributed by atoms with E-state index in [1.807, 2.05) is 0 Å². The maximum Gasteiger partial charge on any atom is 0.333 e. The Morgan fingerprint density at radius 2 is 1.36 bits per heavy atom. The molecule has 0 radical (unpaired) electrons. The number of benzene rings is 1. The molecule has 28 heavy (non-hydrogen) atoms. The lowest BCUT2D eigenvalue weighted by Crippen LogP contribution is -2.37. The smallest absolute Gasteiger partial charge is 0.333 e. The Morgan fingerprint density at radius 1 is 0.821 bits per heavy atom. The second-order valence-corrected chi connectivity index (χ2v) is 6.53. The first-order valence-electron chi connectivity index (χ1n) is 8.32. The van der Waals surface area contributed by atoms with Crippen molar-refractivity contribution in [3.05, 3.63) is 55.8 Å². The minimum absolute atomic E-state index is 0.0716. The van der Waals surface area contributed by atoms with Crippen molar-refractivity contribution in [1.82, 2.24) is 19.1 Å². The van der Waals surface area contributed by atoms with Crippen molar-refractivity contribution in [2.75, 3.05) is 0 Å². The molecule has 0 aliphatic heterocycles. The molecule has 0 spiro atoms. The van der Waals surface area contributed by atoms with E-state index >= 15 is 0 Å².